The highest BCUT2D eigenvalue weighted by Crippen LogP contribution is 2.28. The lowest BCUT2D eigenvalue weighted by Crippen LogP contribution is -2.58. The highest BCUT2D eigenvalue weighted by molar-refractivity contribution is 5.86. The first-order valence-electron chi connectivity index (χ1n) is 6.50. The van der Waals surface area contributed by atoms with Gasteiger partial charge in [0.05, 0.1) is 0 Å². The van der Waals surface area contributed by atoms with Gasteiger partial charge in [0.15, 0.2) is 0 Å². The van der Waals surface area contributed by atoms with Crippen molar-refractivity contribution >= 4 is 17.9 Å². The predicted octanol–water partition coefficient (Wildman–Crippen LogP) is 0.209. The van der Waals surface area contributed by atoms with Crippen molar-refractivity contribution < 1.29 is 19.5 Å². The third-order valence-corrected chi connectivity index (χ3v) is 3.25. The molecule has 0 spiro atoms. The van der Waals surface area contributed by atoms with Crippen molar-refractivity contribution in [3.05, 3.63) is 0 Å². The Kier molecular flexibility index (Phi) is 5.59. The molecule has 0 aromatic heterocycles. The van der Waals surface area contributed by atoms with E-state index >= 15 is 0 Å². The Balaban J connectivity index is 2.39. The first kappa shape index (κ1) is 15.3. The molecule has 0 bridgehead atoms. The molecule has 108 valence electrons. The van der Waals surface area contributed by atoms with Gasteiger partial charge in [0, 0.05) is 20.0 Å². The van der Waals surface area contributed by atoms with Crippen LogP contribution in [-0.4, -0.2) is 41.6 Å². The molecular weight excluding hydrogens is 250 g/mol. The summed E-state index contributed by atoms with van der Waals surface area (Å²) in [5.41, 5.74) is -1.14. The van der Waals surface area contributed by atoms with Gasteiger partial charge in [-0.05, 0) is 12.8 Å². The number of urea groups is 1. The number of aliphatic carboxylic acids is 1. The van der Waals surface area contributed by atoms with E-state index in [0.29, 0.717) is 19.4 Å². The van der Waals surface area contributed by atoms with Crippen LogP contribution in [0, 0.1) is 0 Å². The second-order valence-electron chi connectivity index (χ2n) is 4.81. The topological polar surface area (TPSA) is 108 Å². The van der Waals surface area contributed by atoms with Crippen LogP contribution >= 0.6 is 0 Å². The molecule has 0 aromatic rings. The molecule has 1 aliphatic rings. The summed E-state index contributed by atoms with van der Waals surface area (Å²) < 4.78 is 0. The number of carbonyl (C=O) groups excluding carboxylic acids is 2. The lowest BCUT2D eigenvalue weighted by molar-refractivity contribution is -0.145. The zero-order valence-electron chi connectivity index (χ0n) is 11.1. The Bertz CT molecular complexity index is 351. The van der Waals surface area contributed by atoms with Crippen molar-refractivity contribution in [1.29, 1.82) is 0 Å². The van der Waals surface area contributed by atoms with Crippen LogP contribution in [0.15, 0.2) is 0 Å². The van der Waals surface area contributed by atoms with Crippen LogP contribution in [0.1, 0.15) is 39.0 Å². The fourth-order valence-corrected chi connectivity index (χ4v) is 2.22. The van der Waals surface area contributed by atoms with Gasteiger partial charge in [0.1, 0.15) is 5.54 Å². The van der Waals surface area contributed by atoms with Crippen LogP contribution in [0.25, 0.3) is 0 Å². The summed E-state index contributed by atoms with van der Waals surface area (Å²) in [6, 6.07) is -0.505. The first-order valence-corrected chi connectivity index (χ1v) is 6.50. The standard InChI is InChI=1S/C12H21N3O4/c1-9(16)13-7-8-14-11(19)15-12(10(17)18)5-3-2-4-6-12/h2-8H2,1H3,(H,13,16)(H,17,18)(H2,14,15,19). The molecule has 0 unspecified atom stereocenters. The molecule has 0 saturated heterocycles. The number of carboxylic acids is 1. The molecule has 1 saturated carbocycles. The van der Waals surface area contributed by atoms with E-state index in [0.717, 1.165) is 19.3 Å². The number of carboxylic acid groups (broad SMARTS) is 1. The molecule has 0 atom stereocenters. The summed E-state index contributed by atoms with van der Waals surface area (Å²) in [7, 11) is 0. The molecule has 3 amide bonds. The lowest BCUT2D eigenvalue weighted by Gasteiger charge is -2.33. The number of hydrogen-bond donors (Lipinski definition) is 4. The minimum Gasteiger partial charge on any atom is -0.480 e. The van der Waals surface area contributed by atoms with E-state index in [4.69, 9.17) is 0 Å². The zero-order valence-corrected chi connectivity index (χ0v) is 11.1. The molecule has 0 heterocycles. The van der Waals surface area contributed by atoms with E-state index < -0.39 is 17.5 Å². The Morgan fingerprint density at radius 2 is 1.63 bits per heavy atom. The maximum absolute atomic E-state index is 11.7. The fraction of sp³-hybridized carbons (Fsp3) is 0.750. The summed E-state index contributed by atoms with van der Waals surface area (Å²) in [6.07, 6.45) is 3.53. The number of carbonyl (C=O) groups is 3. The molecule has 7 heteroatoms. The molecule has 1 rings (SSSR count). The molecule has 1 aliphatic carbocycles. The summed E-state index contributed by atoms with van der Waals surface area (Å²) in [5.74, 6) is -1.15. The van der Waals surface area contributed by atoms with Gasteiger partial charge in [-0.1, -0.05) is 19.3 Å². The maximum Gasteiger partial charge on any atom is 0.329 e. The number of rotatable bonds is 5. The minimum atomic E-state index is -1.14. The van der Waals surface area contributed by atoms with E-state index in [1.54, 1.807) is 0 Å². The van der Waals surface area contributed by atoms with Crippen LogP contribution in [0.3, 0.4) is 0 Å². The third kappa shape index (κ3) is 4.76. The highest BCUT2D eigenvalue weighted by Gasteiger charge is 2.40. The second-order valence-corrected chi connectivity index (χ2v) is 4.81. The van der Waals surface area contributed by atoms with E-state index in [1.807, 2.05) is 0 Å². The Morgan fingerprint density at radius 3 is 2.16 bits per heavy atom. The van der Waals surface area contributed by atoms with E-state index in [-0.39, 0.29) is 12.5 Å². The van der Waals surface area contributed by atoms with Gasteiger partial charge in [0.2, 0.25) is 5.91 Å². The fourth-order valence-electron chi connectivity index (χ4n) is 2.22. The number of amides is 3. The monoisotopic (exact) mass is 271 g/mol. The quantitative estimate of drug-likeness (QED) is 0.536. The molecule has 0 aliphatic heterocycles. The molecular formula is C12H21N3O4. The summed E-state index contributed by atoms with van der Waals surface area (Å²) in [6.45, 7) is 1.98. The van der Waals surface area contributed by atoms with Crippen molar-refractivity contribution in [2.45, 2.75) is 44.6 Å². The Labute approximate surface area is 112 Å². The van der Waals surface area contributed by atoms with Gasteiger partial charge < -0.3 is 21.1 Å². The molecule has 0 aromatic carbocycles. The van der Waals surface area contributed by atoms with Gasteiger partial charge >= 0.3 is 12.0 Å². The van der Waals surface area contributed by atoms with E-state index in [1.165, 1.54) is 6.92 Å². The van der Waals surface area contributed by atoms with Crippen molar-refractivity contribution in [3.8, 4) is 0 Å². The normalized spacial score (nSPS) is 17.3. The molecule has 1 fully saturated rings. The van der Waals surface area contributed by atoms with Gasteiger partial charge in [-0.3, -0.25) is 4.79 Å². The maximum atomic E-state index is 11.7. The predicted molar refractivity (Wildman–Crippen MR) is 68.7 cm³/mol. The summed E-state index contributed by atoms with van der Waals surface area (Å²) >= 11 is 0. The smallest absolute Gasteiger partial charge is 0.329 e. The number of nitrogens with one attached hydrogen (secondary N) is 3. The second kappa shape index (κ2) is 6.96. The largest absolute Gasteiger partial charge is 0.480 e. The molecule has 4 N–H and O–H groups in total. The van der Waals surface area contributed by atoms with Crippen LogP contribution in [-0.2, 0) is 9.59 Å². The SMILES string of the molecule is CC(=O)NCCNC(=O)NC1(C(=O)O)CCCCC1. The van der Waals surface area contributed by atoms with Crippen LogP contribution < -0.4 is 16.0 Å². The van der Waals surface area contributed by atoms with Crippen molar-refractivity contribution in [2.75, 3.05) is 13.1 Å². The number of hydrogen-bond acceptors (Lipinski definition) is 3. The van der Waals surface area contributed by atoms with Crippen LogP contribution in [0.4, 0.5) is 4.79 Å². The molecule has 7 nitrogen and oxygen atoms in total. The summed E-state index contributed by atoms with van der Waals surface area (Å²) in [5, 5.41) is 16.9. The first-order chi connectivity index (χ1) is 8.96. The highest BCUT2D eigenvalue weighted by atomic mass is 16.4. The van der Waals surface area contributed by atoms with Crippen molar-refractivity contribution in [2.24, 2.45) is 0 Å². The zero-order chi connectivity index (χ0) is 14.3. The lowest BCUT2D eigenvalue weighted by atomic mass is 9.82. The average Bonchev–Trinajstić information content (AvgIpc) is 2.35. The third-order valence-electron chi connectivity index (χ3n) is 3.25. The van der Waals surface area contributed by atoms with Gasteiger partial charge in [0.25, 0.3) is 0 Å². The van der Waals surface area contributed by atoms with E-state index in [2.05, 4.69) is 16.0 Å². The minimum absolute atomic E-state index is 0.170. The van der Waals surface area contributed by atoms with Crippen molar-refractivity contribution in [1.82, 2.24) is 16.0 Å². The van der Waals surface area contributed by atoms with Gasteiger partial charge in [-0.25, -0.2) is 9.59 Å². The van der Waals surface area contributed by atoms with Gasteiger partial charge in [-0.2, -0.15) is 0 Å². The average molecular weight is 271 g/mol. The van der Waals surface area contributed by atoms with Crippen molar-refractivity contribution in [3.63, 3.8) is 0 Å². The Hall–Kier alpha value is -1.79. The van der Waals surface area contributed by atoms with E-state index in [9.17, 15) is 19.5 Å². The molecule has 19 heavy (non-hydrogen) atoms. The van der Waals surface area contributed by atoms with Gasteiger partial charge in [-0.15, -0.1) is 0 Å². The Morgan fingerprint density at radius 1 is 1.05 bits per heavy atom. The summed E-state index contributed by atoms with van der Waals surface area (Å²) in [4.78, 5) is 33.6. The van der Waals surface area contributed by atoms with Crippen LogP contribution in [0.5, 0.6) is 0 Å². The van der Waals surface area contributed by atoms with Crippen LogP contribution in [0.2, 0.25) is 0 Å². The molecule has 0 radical (unpaired) electrons.